The Labute approximate surface area is 102 Å². The van der Waals surface area contributed by atoms with Gasteiger partial charge in [-0.05, 0) is 25.3 Å². The highest BCUT2D eigenvalue weighted by Crippen LogP contribution is 2.35. The van der Waals surface area contributed by atoms with Crippen molar-refractivity contribution in [2.24, 2.45) is 5.92 Å². The molecule has 0 spiro atoms. The molecule has 1 aliphatic carbocycles. The summed E-state index contributed by atoms with van der Waals surface area (Å²) in [5.41, 5.74) is 0. The molecule has 1 aromatic heterocycles. The molecule has 2 rings (SSSR count). The third-order valence-corrected chi connectivity index (χ3v) is 4.29. The van der Waals surface area contributed by atoms with E-state index in [1.807, 2.05) is 11.3 Å². The second kappa shape index (κ2) is 5.78. The van der Waals surface area contributed by atoms with Crippen molar-refractivity contribution in [1.29, 1.82) is 0 Å². The van der Waals surface area contributed by atoms with Crippen molar-refractivity contribution in [3.63, 3.8) is 0 Å². The van der Waals surface area contributed by atoms with Gasteiger partial charge in [0.25, 0.3) is 0 Å². The van der Waals surface area contributed by atoms with Crippen molar-refractivity contribution in [2.75, 3.05) is 6.54 Å². The Morgan fingerprint density at radius 2 is 2.19 bits per heavy atom. The molecule has 1 fully saturated rings. The molecule has 0 atom stereocenters. The molecule has 0 saturated heterocycles. The lowest BCUT2D eigenvalue weighted by atomic mass is 10.1. The minimum absolute atomic E-state index is 0.724. The summed E-state index contributed by atoms with van der Waals surface area (Å²) in [7, 11) is 0. The van der Waals surface area contributed by atoms with E-state index in [9.17, 15) is 0 Å². The zero-order valence-corrected chi connectivity index (χ0v) is 11.1. The molecule has 1 heterocycles. The average Bonchev–Trinajstić information content (AvgIpc) is 2.85. The summed E-state index contributed by atoms with van der Waals surface area (Å²) >= 11 is 1.91. The molecule has 0 bridgehead atoms. The maximum Gasteiger partial charge on any atom is 0.0959 e. The number of hydrogen-bond donors (Lipinski definition) is 1. The van der Waals surface area contributed by atoms with Crippen molar-refractivity contribution in [3.8, 4) is 0 Å². The van der Waals surface area contributed by atoms with Crippen molar-refractivity contribution in [1.82, 2.24) is 10.3 Å². The largest absolute Gasteiger partial charge is 0.312 e. The fourth-order valence-corrected chi connectivity index (χ4v) is 3.31. The van der Waals surface area contributed by atoms with E-state index in [1.54, 1.807) is 0 Å². The third kappa shape index (κ3) is 3.29. The van der Waals surface area contributed by atoms with Crippen LogP contribution >= 0.6 is 11.3 Å². The van der Waals surface area contributed by atoms with Crippen LogP contribution in [-0.2, 0) is 6.54 Å². The van der Waals surface area contributed by atoms with Gasteiger partial charge in [-0.15, -0.1) is 11.3 Å². The molecule has 3 heteroatoms. The van der Waals surface area contributed by atoms with E-state index < -0.39 is 0 Å². The van der Waals surface area contributed by atoms with E-state index in [1.165, 1.54) is 35.6 Å². The number of rotatable bonds is 5. The van der Waals surface area contributed by atoms with E-state index in [0.29, 0.717) is 0 Å². The highest BCUT2D eigenvalue weighted by atomic mass is 32.1. The second-order valence-electron chi connectivity index (χ2n) is 5.17. The van der Waals surface area contributed by atoms with Crippen molar-refractivity contribution in [3.05, 3.63) is 16.1 Å². The summed E-state index contributed by atoms with van der Waals surface area (Å²) in [6.45, 7) is 6.56. The number of thiazole rings is 1. The topological polar surface area (TPSA) is 24.9 Å². The maximum absolute atomic E-state index is 4.57. The quantitative estimate of drug-likeness (QED) is 0.848. The Morgan fingerprint density at radius 3 is 2.88 bits per heavy atom. The first-order valence-corrected chi connectivity index (χ1v) is 7.22. The van der Waals surface area contributed by atoms with Gasteiger partial charge in [-0.3, -0.25) is 0 Å². The first-order valence-electron chi connectivity index (χ1n) is 6.41. The van der Waals surface area contributed by atoms with Crippen LogP contribution in [0.4, 0.5) is 0 Å². The number of hydrogen-bond acceptors (Lipinski definition) is 3. The predicted molar refractivity (Wildman–Crippen MR) is 69.9 cm³/mol. The van der Waals surface area contributed by atoms with E-state index >= 15 is 0 Å². The van der Waals surface area contributed by atoms with Gasteiger partial charge >= 0.3 is 0 Å². The maximum atomic E-state index is 4.57. The van der Waals surface area contributed by atoms with Crippen LogP contribution in [0.5, 0.6) is 0 Å². The monoisotopic (exact) mass is 238 g/mol. The van der Waals surface area contributed by atoms with E-state index in [4.69, 9.17) is 0 Å². The van der Waals surface area contributed by atoms with Gasteiger partial charge in [0.2, 0.25) is 0 Å². The highest BCUT2D eigenvalue weighted by molar-refractivity contribution is 7.11. The highest BCUT2D eigenvalue weighted by Gasteiger charge is 2.19. The van der Waals surface area contributed by atoms with Gasteiger partial charge in [0.05, 0.1) is 5.01 Å². The Balaban J connectivity index is 1.82. The molecule has 16 heavy (non-hydrogen) atoms. The average molecular weight is 238 g/mol. The fraction of sp³-hybridized carbons (Fsp3) is 0.769. The zero-order valence-electron chi connectivity index (χ0n) is 10.3. The molecule has 1 aromatic rings. The SMILES string of the molecule is CC(C)CNCc1cnc(C2CCCC2)s1. The van der Waals surface area contributed by atoms with E-state index in [2.05, 4.69) is 30.3 Å². The number of aromatic nitrogens is 1. The summed E-state index contributed by atoms with van der Waals surface area (Å²) in [5.74, 6) is 1.49. The summed E-state index contributed by atoms with van der Waals surface area (Å²) in [6, 6.07) is 0. The smallest absolute Gasteiger partial charge is 0.0959 e. The van der Waals surface area contributed by atoms with Crippen LogP contribution in [-0.4, -0.2) is 11.5 Å². The van der Waals surface area contributed by atoms with Crippen LogP contribution in [0, 0.1) is 5.92 Å². The molecule has 1 saturated carbocycles. The first-order chi connectivity index (χ1) is 7.75. The summed E-state index contributed by atoms with van der Waals surface area (Å²) in [4.78, 5) is 5.97. The Kier molecular flexibility index (Phi) is 4.36. The summed E-state index contributed by atoms with van der Waals surface area (Å²) in [6.07, 6.45) is 7.56. The third-order valence-electron chi connectivity index (χ3n) is 3.13. The standard InChI is InChI=1S/C13H22N2S/c1-10(2)7-14-8-12-9-15-13(16-12)11-5-3-4-6-11/h9-11,14H,3-8H2,1-2H3. The van der Waals surface area contributed by atoms with Crippen LogP contribution in [0.1, 0.15) is 55.3 Å². The summed E-state index contributed by atoms with van der Waals surface area (Å²) in [5, 5.41) is 4.85. The van der Waals surface area contributed by atoms with Gasteiger partial charge in [0, 0.05) is 23.5 Å². The van der Waals surface area contributed by atoms with Gasteiger partial charge < -0.3 is 5.32 Å². The first kappa shape index (κ1) is 12.1. The second-order valence-corrected chi connectivity index (χ2v) is 6.32. The van der Waals surface area contributed by atoms with Crippen molar-refractivity contribution < 1.29 is 0 Å². The lowest BCUT2D eigenvalue weighted by molar-refractivity contribution is 0.554. The molecule has 0 radical (unpaired) electrons. The van der Waals surface area contributed by atoms with Crippen LogP contribution in [0.3, 0.4) is 0 Å². The number of nitrogens with zero attached hydrogens (tertiary/aromatic N) is 1. The zero-order chi connectivity index (χ0) is 11.4. The Hall–Kier alpha value is -0.410. The van der Waals surface area contributed by atoms with Crippen LogP contribution in [0.2, 0.25) is 0 Å². The van der Waals surface area contributed by atoms with Gasteiger partial charge in [0.1, 0.15) is 0 Å². The van der Waals surface area contributed by atoms with Gasteiger partial charge in [-0.25, -0.2) is 4.98 Å². The van der Waals surface area contributed by atoms with Crippen molar-refractivity contribution >= 4 is 11.3 Å². The minimum Gasteiger partial charge on any atom is -0.312 e. The Bertz CT molecular complexity index is 313. The molecule has 2 nitrogen and oxygen atoms in total. The van der Waals surface area contributed by atoms with Crippen LogP contribution < -0.4 is 5.32 Å². The minimum atomic E-state index is 0.724. The fourth-order valence-electron chi connectivity index (χ4n) is 2.25. The van der Waals surface area contributed by atoms with Crippen LogP contribution in [0.25, 0.3) is 0 Å². The van der Waals surface area contributed by atoms with E-state index in [-0.39, 0.29) is 0 Å². The molecule has 1 N–H and O–H groups in total. The van der Waals surface area contributed by atoms with Crippen molar-refractivity contribution in [2.45, 2.75) is 52.0 Å². The normalized spacial score (nSPS) is 17.4. The molecule has 0 amide bonds. The van der Waals surface area contributed by atoms with Gasteiger partial charge in [0.15, 0.2) is 0 Å². The van der Waals surface area contributed by atoms with Gasteiger partial charge in [-0.2, -0.15) is 0 Å². The molecule has 90 valence electrons. The summed E-state index contributed by atoms with van der Waals surface area (Å²) < 4.78 is 0. The predicted octanol–water partition coefficient (Wildman–Crippen LogP) is 3.55. The molecule has 0 unspecified atom stereocenters. The molecule has 1 aliphatic rings. The lowest BCUT2D eigenvalue weighted by Gasteiger charge is -2.05. The molecule has 0 aliphatic heterocycles. The molecular formula is C13H22N2S. The van der Waals surface area contributed by atoms with E-state index in [0.717, 1.165) is 24.9 Å². The molecule has 0 aromatic carbocycles. The number of nitrogens with one attached hydrogen (secondary N) is 1. The lowest BCUT2D eigenvalue weighted by Crippen LogP contribution is -2.18. The van der Waals surface area contributed by atoms with Crippen LogP contribution in [0.15, 0.2) is 6.20 Å². The van der Waals surface area contributed by atoms with Gasteiger partial charge in [-0.1, -0.05) is 26.7 Å². The molecular weight excluding hydrogens is 216 g/mol. The Morgan fingerprint density at radius 1 is 1.44 bits per heavy atom.